The third-order valence-corrected chi connectivity index (χ3v) is 5.86. The average Bonchev–Trinajstić information content (AvgIpc) is 3.51. The van der Waals surface area contributed by atoms with Gasteiger partial charge in [-0.05, 0) is 61.6 Å². The van der Waals surface area contributed by atoms with Crippen LogP contribution in [0.25, 0.3) is 11.1 Å². The van der Waals surface area contributed by atoms with E-state index >= 15 is 0 Å². The monoisotopic (exact) mass is 406 g/mol. The smallest absolute Gasteiger partial charge is 0.254 e. The molecular weight excluding hydrogens is 378 g/mol. The van der Waals surface area contributed by atoms with Crippen LogP contribution in [0.3, 0.4) is 0 Å². The molecule has 6 nitrogen and oxygen atoms in total. The summed E-state index contributed by atoms with van der Waals surface area (Å²) in [7, 11) is 1.84. The van der Waals surface area contributed by atoms with E-state index in [0.717, 1.165) is 50.0 Å². The zero-order chi connectivity index (χ0) is 20.9. The first kappa shape index (κ1) is 20.6. The number of carbonyl (C=O) groups is 2. The zero-order valence-corrected chi connectivity index (χ0v) is 17.3. The normalized spacial score (nSPS) is 20.8. The molecule has 2 N–H and O–H groups in total. The minimum absolute atomic E-state index is 0.00453. The molecule has 2 atom stereocenters. The predicted octanol–water partition coefficient (Wildman–Crippen LogP) is 2.84. The molecule has 2 saturated heterocycles. The van der Waals surface area contributed by atoms with Gasteiger partial charge in [0.25, 0.3) is 11.8 Å². The lowest BCUT2D eigenvalue weighted by molar-refractivity contribution is 0.0718. The van der Waals surface area contributed by atoms with Gasteiger partial charge in [0.1, 0.15) is 0 Å². The highest BCUT2D eigenvalue weighted by atomic mass is 16.5. The van der Waals surface area contributed by atoms with E-state index in [1.165, 1.54) is 0 Å². The van der Waals surface area contributed by atoms with Gasteiger partial charge in [0.15, 0.2) is 0 Å². The highest BCUT2D eigenvalue weighted by Crippen LogP contribution is 2.25. The molecule has 2 aliphatic rings. The summed E-state index contributed by atoms with van der Waals surface area (Å²) in [5.41, 5.74) is 2.82. The summed E-state index contributed by atoms with van der Waals surface area (Å²) in [6.45, 7) is 2.22. The van der Waals surface area contributed by atoms with E-state index in [9.17, 15) is 9.59 Å². The van der Waals surface area contributed by atoms with Crippen molar-refractivity contribution in [2.45, 2.75) is 38.0 Å². The number of hydrogen-bond acceptors (Lipinski definition) is 4. The van der Waals surface area contributed by atoms with Crippen LogP contribution < -0.4 is 10.6 Å². The number of amides is 2. The van der Waals surface area contributed by atoms with Crippen LogP contribution in [0.2, 0.25) is 0 Å². The fourth-order valence-corrected chi connectivity index (χ4v) is 4.10. The van der Waals surface area contributed by atoms with Gasteiger partial charge in [0, 0.05) is 25.8 Å². The van der Waals surface area contributed by atoms with Crippen molar-refractivity contribution < 1.29 is 14.3 Å². The van der Waals surface area contributed by atoms with Crippen molar-refractivity contribution in [2.75, 3.05) is 26.7 Å². The summed E-state index contributed by atoms with van der Waals surface area (Å²) in [5, 5.41) is 6.31. The Labute approximate surface area is 177 Å². The molecule has 0 spiro atoms. The van der Waals surface area contributed by atoms with Gasteiger partial charge in [-0.25, -0.2) is 0 Å². The first-order chi connectivity index (χ1) is 14.6. The molecule has 2 aromatic carbocycles. The van der Waals surface area contributed by atoms with Crippen molar-refractivity contribution in [2.24, 2.45) is 0 Å². The largest absolute Gasteiger partial charge is 0.376 e. The van der Waals surface area contributed by atoms with Crippen LogP contribution >= 0.6 is 0 Å². The summed E-state index contributed by atoms with van der Waals surface area (Å²) in [5.74, 6) is -0.164. The van der Waals surface area contributed by atoms with Crippen LogP contribution in [0, 0.1) is 6.07 Å². The Morgan fingerprint density at radius 1 is 1.20 bits per heavy atom. The van der Waals surface area contributed by atoms with Crippen molar-refractivity contribution in [1.82, 2.24) is 15.5 Å². The molecule has 2 heterocycles. The highest BCUT2D eigenvalue weighted by Gasteiger charge is 2.24. The molecule has 2 aromatic rings. The van der Waals surface area contributed by atoms with Crippen molar-refractivity contribution in [3.63, 3.8) is 0 Å². The molecule has 0 aromatic heterocycles. The molecule has 2 aliphatic heterocycles. The van der Waals surface area contributed by atoms with Crippen LogP contribution in [0.1, 0.15) is 46.4 Å². The molecule has 2 amide bonds. The van der Waals surface area contributed by atoms with Gasteiger partial charge in [0.05, 0.1) is 17.8 Å². The van der Waals surface area contributed by atoms with Crippen LogP contribution in [-0.4, -0.2) is 55.7 Å². The van der Waals surface area contributed by atoms with E-state index in [4.69, 9.17) is 4.74 Å². The summed E-state index contributed by atoms with van der Waals surface area (Å²) >= 11 is 0. The van der Waals surface area contributed by atoms with Crippen molar-refractivity contribution in [1.29, 1.82) is 0 Å². The van der Waals surface area contributed by atoms with Crippen LogP contribution in [0.15, 0.2) is 42.5 Å². The molecule has 0 aliphatic carbocycles. The summed E-state index contributed by atoms with van der Waals surface area (Å²) in [4.78, 5) is 27.3. The lowest BCUT2D eigenvalue weighted by Gasteiger charge is -2.24. The van der Waals surface area contributed by atoms with Crippen molar-refractivity contribution in [3.8, 4) is 11.1 Å². The molecule has 30 heavy (non-hydrogen) atoms. The Morgan fingerprint density at radius 3 is 2.73 bits per heavy atom. The first-order valence-electron chi connectivity index (χ1n) is 10.6. The van der Waals surface area contributed by atoms with Gasteiger partial charge in [-0.15, -0.1) is 0 Å². The minimum Gasteiger partial charge on any atom is -0.376 e. The highest BCUT2D eigenvalue weighted by molar-refractivity contribution is 6.01. The molecule has 4 rings (SSSR count). The Kier molecular flexibility index (Phi) is 6.45. The molecule has 1 radical (unpaired) electrons. The third-order valence-electron chi connectivity index (χ3n) is 5.86. The fraction of sp³-hybridized carbons (Fsp3) is 0.417. The number of ether oxygens (including phenoxy) is 1. The average molecular weight is 407 g/mol. The van der Waals surface area contributed by atoms with Gasteiger partial charge < -0.3 is 15.0 Å². The molecule has 157 valence electrons. The molecule has 6 heteroatoms. The van der Waals surface area contributed by atoms with E-state index in [2.05, 4.69) is 16.7 Å². The standard InChI is InChI=1S/C24H28N3O3/c1-27(22-9-4-14-25-22)24(29)18-12-10-17(11-13-18)20-7-2-3-8-21(20)23(28)26-16-19-6-5-15-30-19/h2-3,7,10-13,19,22,25H,4-6,9,14-16H2,1H3,(H,26,28). The quantitative estimate of drug-likeness (QED) is 0.774. The summed E-state index contributed by atoms with van der Waals surface area (Å²) < 4.78 is 5.58. The molecule has 2 unspecified atom stereocenters. The first-order valence-corrected chi connectivity index (χ1v) is 10.6. The van der Waals surface area contributed by atoms with Crippen molar-refractivity contribution >= 4 is 11.8 Å². The second-order valence-corrected chi connectivity index (χ2v) is 7.91. The number of nitrogens with zero attached hydrogens (tertiary/aromatic N) is 1. The number of benzene rings is 2. The Balaban J connectivity index is 1.47. The van der Waals surface area contributed by atoms with E-state index < -0.39 is 0 Å². The Morgan fingerprint density at radius 2 is 2.03 bits per heavy atom. The SMILES string of the molecule is CN(C(=O)c1ccc(-c2ccc[c]c2C(=O)NCC2CCCO2)cc1)C1CCCN1. The molecular formula is C24H28N3O3. The fourth-order valence-electron chi connectivity index (χ4n) is 4.10. The maximum absolute atomic E-state index is 12.8. The second-order valence-electron chi connectivity index (χ2n) is 7.91. The van der Waals surface area contributed by atoms with Gasteiger partial charge in [-0.2, -0.15) is 0 Å². The number of nitrogens with one attached hydrogen (secondary N) is 2. The van der Waals surface area contributed by atoms with Gasteiger partial charge in [-0.3, -0.25) is 14.9 Å². The van der Waals surface area contributed by atoms with Crippen LogP contribution in [-0.2, 0) is 4.74 Å². The van der Waals surface area contributed by atoms with Crippen LogP contribution in [0.4, 0.5) is 0 Å². The Hall–Kier alpha value is -2.70. The predicted molar refractivity (Wildman–Crippen MR) is 115 cm³/mol. The number of rotatable bonds is 6. The topological polar surface area (TPSA) is 70.7 Å². The van der Waals surface area contributed by atoms with E-state index in [1.807, 2.05) is 43.4 Å². The van der Waals surface area contributed by atoms with E-state index in [1.54, 1.807) is 11.0 Å². The Bertz CT molecular complexity index is 885. The van der Waals surface area contributed by atoms with E-state index in [0.29, 0.717) is 17.7 Å². The van der Waals surface area contributed by atoms with Crippen molar-refractivity contribution in [3.05, 3.63) is 59.7 Å². The summed E-state index contributed by atoms with van der Waals surface area (Å²) in [6, 6.07) is 16.0. The number of hydrogen-bond donors (Lipinski definition) is 2. The van der Waals surface area contributed by atoms with Gasteiger partial charge in [-0.1, -0.05) is 30.3 Å². The molecule has 0 bridgehead atoms. The second kappa shape index (κ2) is 9.41. The van der Waals surface area contributed by atoms with Gasteiger partial charge >= 0.3 is 0 Å². The van der Waals surface area contributed by atoms with E-state index in [-0.39, 0.29) is 24.1 Å². The molecule has 0 saturated carbocycles. The number of carbonyl (C=O) groups excluding carboxylic acids is 2. The lowest BCUT2D eigenvalue weighted by atomic mass is 9.98. The maximum atomic E-state index is 12.8. The summed E-state index contributed by atoms with van der Waals surface area (Å²) in [6.07, 6.45) is 4.28. The zero-order valence-electron chi connectivity index (χ0n) is 17.3. The lowest BCUT2D eigenvalue weighted by Crippen LogP contribution is -2.42. The van der Waals surface area contributed by atoms with Crippen LogP contribution in [0.5, 0.6) is 0 Å². The molecule has 2 fully saturated rings. The maximum Gasteiger partial charge on any atom is 0.254 e. The van der Waals surface area contributed by atoms with Gasteiger partial charge in [0.2, 0.25) is 0 Å². The minimum atomic E-state index is -0.159. The third kappa shape index (κ3) is 4.55.